The van der Waals surface area contributed by atoms with Crippen molar-refractivity contribution in [3.63, 3.8) is 0 Å². The van der Waals surface area contributed by atoms with E-state index in [2.05, 4.69) is 15.2 Å². The van der Waals surface area contributed by atoms with Crippen LogP contribution < -0.4 is 5.32 Å². The molecule has 2 unspecified atom stereocenters. The Balaban J connectivity index is 1.63. The van der Waals surface area contributed by atoms with Crippen LogP contribution in [0.2, 0.25) is 0 Å². The van der Waals surface area contributed by atoms with Crippen molar-refractivity contribution in [1.82, 2.24) is 19.5 Å². The molecule has 1 aromatic heterocycles. The van der Waals surface area contributed by atoms with Gasteiger partial charge in [-0.2, -0.15) is 4.31 Å². The number of piperidine rings is 1. The Hall–Kier alpha value is -2.29. The zero-order valence-corrected chi connectivity index (χ0v) is 18.5. The number of nitrogens with one attached hydrogen (secondary N) is 1. The molecule has 0 radical (unpaired) electrons. The van der Waals surface area contributed by atoms with Crippen LogP contribution >= 0.6 is 0 Å². The number of hydrogen-bond acceptors (Lipinski definition) is 5. The van der Waals surface area contributed by atoms with Crippen LogP contribution in [0.15, 0.2) is 59.8 Å². The number of pyridine rings is 1. The minimum atomic E-state index is -3.60. The lowest BCUT2D eigenvalue weighted by atomic mass is 9.89. The van der Waals surface area contributed by atoms with Crippen molar-refractivity contribution in [3.8, 4) is 0 Å². The summed E-state index contributed by atoms with van der Waals surface area (Å²) in [7, 11) is -3.60. The molecule has 1 N–H and O–H groups in total. The van der Waals surface area contributed by atoms with E-state index in [1.807, 2.05) is 24.4 Å². The Morgan fingerprint density at radius 1 is 1.03 bits per heavy atom. The summed E-state index contributed by atoms with van der Waals surface area (Å²) in [5.74, 6) is -0.183. The molecule has 2 aromatic rings. The highest BCUT2D eigenvalue weighted by Crippen LogP contribution is 2.29. The number of fused-ring (bicyclic) bond motifs is 1. The molecular weight excluding hydrogens is 412 g/mol. The summed E-state index contributed by atoms with van der Waals surface area (Å²) in [6, 6.07) is 12.3. The Morgan fingerprint density at radius 2 is 1.87 bits per heavy atom. The molecule has 2 atom stereocenters. The number of hydrogen-bond donors (Lipinski definition) is 1. The van der Waals surface area contributed by atoms with Crippen LogP contribution in [-0.4, -0.2) is 60.7 Å². The monoisotopic (exact) mass is 442 g/mol. The van der Waals surface area contributed by atoms with Gasteiger partial charge >= 0.3 is 0 Å². The van der Waals surface area contributed by atoms with Gasteiger partial charge < -0.3 is 5.32 Å². The van der Waals surface area contributed by atoms with E-state index in [1.54, 1.807) is 34.8 Å². The lowest BCUT2D eigenvalue weighted by Crippen LogP contribution is -2.57. The van der Waals surface area contributed by atoms with Gasteiger partial charge in [-0.15, -0.1) is 0 Å². The van der Waals surface area contributed by atoms with Gasteiger partial charge in [0.1, 0.15) is 0 Å². The van der Waals surface area contributed by atoms with E-state index in [4.69, 9.17) is 0 Å². The molecule has 166 valence electrons. The van der Waals surface area contributed by atoms with Gasteiger partial charge in [-0.25, -0.2) is 8.42 Å². The fourth-order valence-corrected chi connectivity index (χ4v) is 6.08. The molecule has 8 heteroatoms. The van der Waals surface area contributed by atoms with Crippen molar-refractivity contribution in [3.05, 3.63) is 60.4 Å². The van der Waals surface area contributed by atoms with E-state index < -0.39 is 10.0 Å². The van der Waals surface area contributed by atoms with Crippen molar-refractivity contribution in [2.24, 2.45) is 5.92 Å². The summed E-state index contributed by atoms with van der Waals surface area (Å²) < 4.78 is 28.1. The predicted molar refractivity (Wildman–Crippen MR) is 119 cm³/mol. The van der Waals surface area contributed by atoms with Gasteiger partial charge in [-0.05, 0) is 49.6 Å². The first kappa shape index (κ1) is 21.9. The second-order valence-electron chi connectivity index (χ2n) is 8.32. The highest BCUT2D eigenvalue weighted by atomic mass is 32.2. The van der Waals surface area contributed by atoms with Crippen molar-refractivity contribution >= 4 is 15.9 Å². The van der Waals surface area contributed by atoms with Gasteiger partial charge in [0.05, 0.1) is 10.8 Å². The van der Waals surface area contributed by atoms with Gasteiger partial charge in [-0.3, -0.25) is 14.7 Å². The molecule has 0 bridgehead atoms. The molecule has 1 amide bonds. The molecule has 2 aliphatic rings. The smallest absolute Gasteiger partial charge is 0.243 e. The van der Waals surface area contributed by atoms with Gasteiger partial charge in [0.15, 0.2) is 0 Å². The number of amides is 1. The Labute approximate surface area is 184 Å². The van der Waals surface area contributed by atoms with Crippen LogP contribution in [0.25, 0.3) is 0 Å². The molecule has 4 rings (SSSR count). The van der Waals surface area contributed by atoms with E-state index in [9.17, 15) is 13.2 Å². The topological polar surface area (TPSA) is 82.6 Å². The number of nitrogens with zero attached hydrogens (tertiary/aromatic N) is 3. The van der Waals surface area contributed by atoms with Crippen LogP contribution in [0.5, 0.6) is 0 Å². The fourth-order valence-electron chi connectivity index (χ4n) is 4.59. The second kappa shape index (κ2) is 9.89. The highest BCUT2D eigenvalue weighted by molar-refractivity contribution is 7.89. The average Bonchev–Trinajstić information content (AvgIpc) is 2.81. The zero-order chi connectivity index (χ0) is 21.7. The third-order valence-electron chi connectivity index (χ3n) is 6.26. The summed E-state index contributed by atoms with van der Waals surface area (Å²) in [4.78, 5) is 19.8. The number of benzene rings is 1. The normalized spacial score (nSPS) is 24.2. The first-order valence-corrected chi connectivity index (χ1v) is 12.5. The van der Waals surface area contributed by atoms with Gasteiger partial charge in [-0.1, -0.05) is 30.7 Å². The summed E-state index contributed by atoms with van der Waals surface area (Å²) in [5.41, 5.74) is 1.07. The summed E-state index contributed by atoms with van der Waals surface area (Å²) in [6.07, 6.45) is 7.13. The van der Waals surface area contributed by atoms with Gasteiger partial charge in [0.2, 0.25) is 15.9 Å². The molecule has 0 saturated carbocycles. The third-order valence-corrected chi connectivity index (χ3v) is 8.14. The predicted octanol–water partition coefficient (Wildman–Crippen LogP) is 2.26. The number of carbonyl (C=O) groups excluding carboxylic acids is 1. The molecule has 0 aliphatic carbocycles. The quantitative estimate of drug-likeness (QED) is 0.785. The summed E-state index contributed by atoms with van der Waals surface area (Å²) >= 11 is 0. The first-order chi connectivity index (χ1) is 15.1. The Bertz CT molecular complexity index is 969. The van der Waals surface area contributed by atoms with Crippen LogP contribution in [0.3, 0.4) is 0 Å². The van der Waals surface area contributed by atoms with Crippen LogP contribution in [0.4, 0.5) is 0 Å². The van der Waals surface area contributed by atoms with Crippen molar-refractivity contribution in [1.29, 1.82) is 0 Å². The first-order valence-electron chi connectivity index (χ1n) is 11.0. The van der Waals surface area contributed by atoms with Crippen LogP contribution in [0, 0.1) is 5.92 Å². The average molecular weight is 443 g/mol. The van der Waals surface area contributed by atoms with E-state index in [-0.39, 0.29) is 17.9 Å². The standard InChI is InChI=1S/C23H30N4O3S/c28-23-21-11-15-27(31(29,30)20-9-3-1-4-10-20)18-22(21)26(14-6-2-5-13-25-23)17-19-8-7-12-24-16-19/h1,3-4,7-10,12,16,21-22H,2,5-6,11,13-15,17-18H2,(H,25,28). The molecule has 7 nitrogen and oxygen atoms in total. The molecule has 0 spiro atoms. The third kappa shape index (κ3) is 5.14. The maximum absolute atomic E-state index is 13.3. The van der Waals surface area contributed by atoms with Crippen molar-refractivity contribution in [2.45, 2.75) is 43.2 Å². The molecule has 3 heterocycles. The lowest BCUT2D eigenvalue weighted by molar-refractivity contribution is -0.129. The maximum atomic E-state index is 13.3. The Kier molecular flexibility index (Phi) is 6.99. The molecule has 2 fully saturated rings. The number of sulfonamides is 1. The van der Waals surface area contributed by atoms with E-state index in [0.717, 1.165) is 31.4 Å². The van der Waals surface area contributed by atoms with Crippen LogP contribution in [-0.2, 0) is 21.4 Å². The van der Waals surface area contributed by atoms with E-state index >= 15 is 0 Å². The summed E-state index contributed by atoms with van der Waals surface area (Å²) in [6.45, 7) is 2.85. The minimum absolute atomic E-state index is 0.0415. The van der Waals surface area contributed by atoms with Gasteiger partial charge in [0, 0.05) is 44.6 Å². The molecule has 31 heavy (non-hydrogen) atoms. The SMILES string of the molecule is O=C1NCCCCCN(Cc2cccnc2)C2CN(S(=O)(=O)c3ccccc3)CCC12. The molecule has 1 aromatic carbocycles. The minimum Gasteiger partial charge on any atom is -0.356 e. The molecule has 2 aliphatic heterocycles. The van der Waals surface area contributed by atoms with Crippen molar-refractivity contribution in [2.75, 3.05) is 26.2 Å². The van der Waals surface area contributed by atoms with Gasteiger partial charge in [0.25, 0.3) is 0 Å². The zero-order valence-electron chi connectivity index (χ0n) is 17.7. The fraction of sp³-hybridized carbons (Fsp3) is 0.478. The van der Waals surface area contributed by atoms with Crippen LogP contribution in [0.1, 0.15) is 31.2 Å². The van der Waals surface area contributed by atoms with Crippen molar-refractivity contribution < 1.29 is 13.2 Å². The summed E-state index contributed by atoms with van der Waals surface area (Å²) in [5, 5.41) is 3.08. The molecular formula is C23H30N4O3S. The Morgan fingerprint density at radius 3 is 2.65 bits per heavy atom. The second-order valence-corrected chi connectivity index (χ2v) is 10.3. The number of carbonyl (C=O) groups is 1. The maximum Gasteiger partial charge on any atom is 0.243 e. The molecule has 2 saturated heterocycles. The lowest BCUT2D eigenvalue weighted by Gasteiger charge is -2.43. The highest BCUT2D eigenvalue weighted by Gasteiger charge is 2.41. The number of aromatic nitrogens is 1. The largest absolute Gasteiger partial charge is 0.356 e. The van der Waals surface area contributed by atoms with E-state index in [1.165, 1.54) is 0 Å². The van der Waals surface area contributed by atoms with E-state index in [0.29, 0.717) is 37.5 Å². The number of rotatable bonds is 4.